The number of hydrogen-bond donors (Lipinski definition) is 1. The maximum Gasteiger partial charge on any atom is 0.274 e. The van der Waals surface area contributed by atoms with Gasteiger partial charge in [0.25, 0.3) is 5.91 Å². The highest BCUT2D eigenvalue weighted by Crippen LogP contribution is 2.17. The van der Waals surface area contributed by atoms with Gasteiger partial charge in [0.05, 0.1) is 0 Å². The van der Waals surface area contributed by atoms with Crippen LogP contribution in [0.5, 0.6) is 0 Å². The van der Waals surface area contributed by atoms with E-state index in [1.807, 2.05) is 37.3 Å². The molecule has 1 saturated heterocycles. The van der Waals surface area contributed by atoms with E-state index >= 15 is 0 Å². The van der Waals surface area contributed by atoms with Crippen molar-refractivity contribution in [3.8, 4) is 0 Å². The Morgan fingerprint density at radius 1 is 0.966 bits per heavy atom. The number of hydrogen-bond acceptors (Lipinski definition) is 5. The first-order valence-electron chi connectivity index (χ1n) is 9.89. The summed E-state index contributed by atoms with van der Waals surface area (Å²) in [4.78, 5) is 25.8. The number of benzene rings is 2. The normalized spacial score (nSPS) is 14.6. The molecule has 1 amide bonds. The summed E-state index contributed by atoms with van der Waals surface area (Å²) in [6.45, 7) is 6.66. The van der Waals surface area contributed by atoms with Gasteiger partial charge in [0, 0.05) is 44.5 Å². The first-order chi connectivity index (χ1) is 14.2. The van der Waals surface area contributed by atoms with E-state index < -0.39 is 0 Å². The highest BCUT2D eigenvalue weighted by molar-refractivity contribution is 6.03. The molecule has 6 heteroatoms. The number of nitrogens with zero attached hydrogens (tertiary/aromatic N) is 4. The summed E-state index contributed by atoms with van der Waals surface area (Å²) in [6, 6.07) is 20.0. The van der Waals surface area contributed by atoms with E-state index in [-0.39, 0.29) is 5.91 Å². The third-order valence-electron chi connectivity index (χ3n) is 5.14. The van der Waals surface area contributed by atoms with Gasteiger partial charge in [0.15, 0.2) is 0 Å². The lowest BCUT2D eigenvalue weighted by atomic mass is 10.2. The summed E-state index contributed by atoms with van der Waals surface area (Å²) in [5.41, 5.74) is 3.62. The van der Waals surface area contributed by atoms with Gasteiger partial charge in [-0.2, -0.15) is 0 Å². The van der Waals surface area contributed by atoms with E-state index in [9.17, 15) is 4.79 Å². The van der Waals surface area contributed by atoms with Crippen molar-refractivity contribution in [3.63, 3.8) is 0 Å². The van der Waals surface area contributed by atoms with Crippen LogP contribution in [0.2, 0.25) is 0 Å². The van der Waals surface area contributed by atoms with Crippen molar-refractivity contribution in [2.24, 2.45) is 0 Å². The maximum absolute atomic E-state index is 12.6. The molecule has 148 valence electrons. The first kappa shape index (κ1) is 19.1. The van der Waals surface area contributed by atoms with Crippen molar-refractivity contribution >= 4 is 17.4 Å². The molecular weight excluding hydrogens is 362 g/mol. The van der Waals surface area contributed by atoms with Gasteiger partial charge in [-0.3, -0.25) is 9.69 Å². The molecule has 2 aromatic carbocycles. The second-order valence-corrected chi connectivity index (χ2v) is 7.33. The Hall–Kier alpha value is -3.25. The van der Waals surface area contributed by atoms with E-state index in [1.165, 1.54) is 11.9 Å². The van der Waals surface area contributed by atoms with E-state index in [0.29, 0.717) is 5.69 Å². The van der Waals surface area contributed by atoms with Crippen LogP contribution in [-0.4, -0.2) is 47.0 Å². The van der Waals surface area contributed by atoms with Crippen LogP contribution in [0.15, 0.2) is 67.0 Å². The summed E-state index contributed by atoms with van der Waals surface area (Å²) in [5, 5.41) is 2.89. The average Bonchev–Trinajstić information content (AvgIpc) is 2.77. The van der Waals surface area contributed by atoms with Crippen LogP contribution in [0.4, 0.5) is 11.5 Å². The fourth-order valence-electron chi connectivity index (χ4n) is 3.45. The number of piperazine rings is 1. The van der Waals surface area contributed by atoms with Crippen molar-refractivity contribution in [1.29, 1.82) is 0 Å². The van der Waals surface area contributed by atoms with Gasteiger partial charge in [0.2, 0.25) is 0 Å². The molecule has 6 nitrogen and oxygen atoms in total. The average molecular weight is 387 g/mol. The molecule has 3 aromatic rings. The highest BCUT2D eigenvalue weighted by Gasteiger charge is 2.19. The zero-order chi connectivity index (χ0) is 20.1. The summed E-state index contributed by atoms with van der Waals surface area (Å²) < 4.78 is 0. The molecule has 1 aliphatic heterocycles. The van der Waals surface area contributed by atoms with Crippen molar-refractivity contribution < 1.29 is 4.79 Å². The second kappa shape index (κ2) is 8.84. The minimum Gasteiger partial charge on any atom is -0.354 e. The van der Waals surface area contributed by atoms with Gasteiger partial charge in [0.1, 0.15) is 17.8 Å². The van der Waals surface area contributed by atoms with E-state index in [4.69, 9.17) is 0 Å². The van der Waals surface area contributed by atoms with Gasteiger partial charge in [-0.15, -0.1) is 0 Å². The van der Waals surface area contributed by atoms with E-state index in [0.717, 1.165) is 49.8 Å². The lowest BCUT2D eigenvalue weighted by molar-refractivity contribution is 0.102. The molecule has 4 rings (SSSR count). The number of nitrogens with one attached hydrogen (secondary N) is 1. The summed E-state index contributed by atoms with van der Waals surface area (Å²) in [7, 11) is 0. The Bertz CT molecular complexity index is 951. The third-order valence-corrected chi connectivity index (χ3v) is 5.14. The standard InChI is InChI=1S/C23H25N5O/c1-18-7-9-20(10-8-18)26-23(29)21-15-22(25-17-24-21)28-13-11-27(12-14-28)16-19-5-3-2-4-6-19/h2-10,15,17H,11-14,16H2,1H3,(H,26,29). The Morgan fingerprint density at radius 3 is 2.41 bits per heavy atom. The zero-order valence-corrected chi connectivity index (χ0v) is 16.6. The van der Waals surface area contributed by atoms with Crippen molar-refractivity contribution in [3.05, 3.63) is 83.8 Å². The molecule has 0 radical (unpaired) electrons. The van der Waals surface area contributed by atoms with Crippen LogP contribution in [0.1, 0.15) is 21.6 Å². The molecule has 2 heterocycles. The van der Waals surface area contributed by atoms with E-state index in [1.54, 1.807) is 6.07 Å². The van der Waals surface area contributed by atoms with Crippen molar-refractivity contribution in [2.75, 3.05) is 36.4 Å². The van der Waals surface area contributed by atoms with Crippen LogP contribution in [0.25, 0.3) is 0 Å². The van der Waals surface area contributed by atoms with Crippen LogP contribution in [-0.2, 0) is 6.54 Å². The lowest BCUT2D eigenvalue weighted by Gasteiger charge is -2.35. The second-order valence-electron chi connectivity index (χ2n) is 7.33. The number of aryl methyl sites for hydroxylation is 1. The molecular formula is C23H25N5O. The Morgan fingerprint density at radius 2 is 1.69 bits per heavy atom. The molecule has 0 bridgehead atoms. The lowest BCUT2D eigenvalue weighted by Crippen LogP contribution is -2.46. The van der Waals surface area contributed by atoms with Gasteiger partial charge >= 0.3 is 0 Å². The van der Waals surface area contributed by atoms with E-state index in [2.05, 4.69) is 49.4 Å². The smallest absolute Gasteiger partial charge is 0.274 e. The molecule has 0 aliphatic carbocycles. The summed E-state index contributed by atoms with van der Waals surface area (Å²) in [6.07, 6.45) is 1.47. The number of carbonyl (C=O) groups excluding carboxylic acids is 1. The highest BCUT2D eigenvalue weighted by atomic mass is 16.1. The fourth-order valence-corrected chi connectivity index (χ4v) is 3.45. The summed E-state index contributed by atoms with van der Waals surface area (Å²) in [5.74, 6) is 0.577. The van der Waals surface area contributed by atoms with Crippen LogP contribution >= 0.6 is 0 Å². The van der Waals surface area contributed by atoms with Crippen LogP contribution in [0.3, 0.4) is 0 Å². The monoisotopic (exact) mass is 387 g/mol. The minimum absolute atomic E-state index is 0.222. The number of aromatic nitrogens is 2. The Labute approximate surface area is 171 Å². The third kappa shape index (κ3) is 4.97. The topological polar surface area (TPSA) is 61.4 Å². The minimum atomic E-state index is -0.222. The summed E-state index contributed by atoms with van der Waals surface area (Å²) >= 11 is 0. The van der Waals surface area contributed by atoms with Gasteiger partial charge < -0.3 is 10.2 Å². The van der Waals surface area contributed by atoms with Crippen molar-refractivity contribution in [1.82, 2.24) is 14.9 Å². The quantitative estimate of drug-likeness (QED) is 0.727. The van der Waals surface area contributed by atoms with Gasteiger partial charge in [-0.25, -0.2) is 9.97 Å². The molecule has 0 saturated carbocycles. The Kier molecular flexibility index (Phi) is 5.81. The predicted molar refractivity (Wildman–Crippen MR) is 115 cm³/mol. The first-order valence-corrected chi connectivity index (χ1v) is 9.89. The number of amides is 1. The Balaban J connectivity index is 1.36. The fraction of sp³-hybridized carbons (Fsp3) is 0.261. The molecule has 0 unspecified atom stereocenters. The molecule has 29 heavy (non-hydrogen) atoms. The molecule has 1 fully saturated rings. The van der Waals surface area contributed by atoms with Gasteiger partial charge in [-0.1, -0.05) is 48.0 Å². The zero-order valence-electron chi connectivity index (χ0n) is 16.6. The van der Waals surface area contributed by atoms with Crippen LogP contribution in [0, 0.1) is 6.92 Å². The SMILES string of the molecule is Cc1ccc(NC(=O)c2cc(N3CCN(Cc4ccccc4)CC3)ncn2)cc1. The van der Waals surface area contributed by atoms with Gasteiger partial charge in [-0.05, 0) is 24.6 Å². The van der Waals surface area contributed by atoms with Crippen LogP contribution < -0.4 is 10.2 Å². The predicted octanol–water partition coefficient (Wildman–Crippen LogP) is 3.36. The maximum atomic E-state index is 12.6. The molecule has 0 atom stereocenters. The molecule has 1 aromatic heterocycles. The number of carbonyl (C=O) groups is 1. The number of anilines is 2. The largest absolute Gasteiger partial charge is 0.354 e. The van der Waals surface area contributed by atoms with Crippen molar-refractivity contribution in [2.45, 2.75) is 13.5 Å². The molecule has 0 spiro atoms. The molecule has 1 N–H and O–H groups in total. The molecule has 1 aliphatic rings. The number of rotatable bonds is 5.